The van der Waals surface area contributed by atoms with Gasteiger partial charge in [0, 0.05) is 17.6 Å². The number of hydrogen-bond acceptors (Lipinski definition) is 3. The fraction of sp³-hybridized carbons (Fsp3) is 1.00. The Kier molecular flexibility index (Phi) is 2.50. The van der Waals surface area contributed by atoms with E-state index in [1.54, 1.807) is 0 Å². The van der Waals surface area contributed by atoms with Crippen molar-refractivity contribution in [2.45, 2.75) is 18.5 Å². The molecule has 56 valence electrons. The van der Waals surface area contributed by atoms with Crippen LogP contribution < -0.4 is 5.73 Å². The minimum absolute atomic E-state index is 0.0235. The van der Waals surface area contributed by atoms with Gasteiger partial charge >= 0.3 is 0 Å². The van der Waals surface area contributed by atoms with Crippen molar-refractivity contribution in [3.05, 3.63) is 10.4 Å². The summed E-state index contributed by atoms with van der Waals surface area (Å²) in [5.41, 5.74) is 13.7. The van der Waals surface area contributed by atoms with Crippen LogP contribution in [0.25, 0.3) is 10.4 Å². The second kappa shape index (κ2) is 3.41. The molecular weight excluding hydrogens is 132 g/mol. The van der Waals surface area contributed by atoms with Crippen molar-refractivity contribution >= 4 is 0 Å². The molecule has 1 saturated heterocycles. The zero-order valence-corrected chi connectivity index (χ0v) is 5.60. The van der Waals surface area contributed by atoms with Crippen molar-refractivity contribution in [1.82, 2.24) is 0 Å². The van der Waals surface area contributed by atoms with Crippen LogP contribution >= 0.6 is 0 Å². The van der Waals surface area contributed by atoms with Crippen LogP contribution in [0.2, 0.25) is 0 Å². The molecule has 0 aliphatic carbocycles. The van der Waals surface area contributed by atoms with Gasteiger partial charge in [-0.15, -0.1) is 0 Å². The number of rotatable bonds is 1. The van der Waals surface area contributed by atoms with E-state index in [0.29, 0.717) is 13.2 Å². The third-order valence-corrected chi connectivity index (χ3v) is 1.58. The number of azide groups is 1. The first-order valence-corrected chi connectivity index (χ1v) is 3.22. The van der Waals surface area contributed by atoms with Gasteiger partial charge in [-0.2, -0.15) is 0 Å². The van der Waals surface area contributed by atoms with E-state index in [9.17, 15) is 0 Å². The SMILES string of the molecule is [N-]=[N+]=NC1COCC[C@H]1N. The van der Waals surface area contributed by atoms with Gasteiger partial charge in [-0.05, 0) is 12.0 Å². The van der Waals surface area contributed by atoms with Gasteiger partial charge in [0.15, 0.2) is 0 Å². The number of nitrogens with two attached hydrogens (primary N) is 1. The van der Waals surface area contributed by atoms with Crippen LogP contribution in [0.3, 0.4) is 0 Å². The van der Waals surface area contributed by atoms with Crippen molar-refractivity contribution in [2.75, 3.05) is 13.2 Å². The Morgan fingerprint density at radius 2 is 2.50 bits per heavy atom. The zero-order valence-electron chi connectivity index (χ0n) is 5.60. The van der Waals surface area contributed by atoms with E-state index in [0.717, 1.165) is 6.42 Å². The molecule has 5 nitrogen and oxygen atoms in total. The molecule has 1 aliphatic heterocycles. The molecule has 0 aromatic rings. The summed E-state index contributed by atoms with van der Waals surface area (Å²) in [4.78, 5) is 2.67. The second-order valence-electron chi connectivity index (χ2n) is 2.30. The second-order valence-corrected chi connectivity index (χ2v) is 2.30. The molecular formula is C5H10N4O. The quantitative estimate of drug-likeness (QED) is 0.326. The molecule has 0 aromatic heterocycles. The summed E-state index contributed by atoms with van der Waals surface area (Å²) in [7, 11) is 0. The van der Waals surface area contributed by atoms with Crippen molar-refractivity contribution in [3.8, 4) is 0 Å². The monoisotopic (exact) mass is 142 g/mol. The largest absolute Gasteiger partial charge is 0.381 e. The van der Waals surface area contributed by atoms with Crippen LogP contribution in [0.1, 0.15) is 6.42 Å². The van der Waals surface area contributed by atoms with E-state index in [2.05, 4.69) is 10.0 Å². The van der Waals surface area contributed by atoms with Crippen molar-refractivity contribution in [2.24, 2.45) is 10.8 Å². The van der Waals surface area contributed by atoms with Crippen LogP contribution in [0, 0.1) is 0 Å². The maximum absolute atomic E-state index is 8.08. The lowest BCUT2D eigenvalue weighted by Crippen LogP contribution is -2.41. The third-order valence-electron chi connectivity index (χ3n) is 1.58. The topological polar surface area (TPSA) is 84.0 Å². The number of ether oxygens (including phenoxy) is 1. The number of nitrogens with zero attached hydrogens (tertiary/aromatic N) is 3. The molecule has 0 spiro atoms. The Balaban J connectivity index is 2.47. The van der Waals surface area contributed by atoms with Crippen LogP contribution in [-0.4, -0.2) is 25.3 Å². The van der Waals surface area contributed by atoms with Crippen molar-refractivity contribution in [3.63, 3.8) is 0 Å². The van der Waals surface area contributed by atoms with Gasteiger partial charge in [0.05, 0.1) is 12.6 Å². The molecule has 1 unspecified atom stereocenters. The fourth-order valence-electron chi connectivity index (χ4n) is 0.925. The highest BCUT2D eigenvalue weighted by molar-refractivity contribution is 4.82. The van der Waals surface area contributed by atoms with Crippen LogP contribution in [0.4, 0.5) is 0 Å². The minimum atomic E-state index is -0.168. The summed E-state index contributed by atoms with van der Waals surface area (Å²) in [5, 5.41) is 3.50. The van der Waals surface area contributed by atoms with E-state index >= 15 is 0 Å². The molecule has 1 heterocycles. The summed E-state index contributed by atoms with van der Waals surface area (Å²) < 4.78 is 5.06. The molecule has 2 N–H and O–H groups in total. The Morgan fingerprint density at radius 1 is 1.70 bits per heavy atom. The zero-order chi connectivity index (χ0) is 7.40. The molecule has 1 rings (SSSR count). The van der Waals surface area contributed by atoms with Gasteiger partial charge in [0.2, 0.25) is 0 Å². The molecule has 0 saturated carbocycles. The summed E-state index contributed by atoms with van der Waals surface area (Å²) in [6.45, 7) is 1.14. The van der Waals surface area contributed by atoms with E-state index in [1.807, 2.05) is 0 Å². The van der Waals surface area contributed by atoms with Crippen LogP contribution in [0.15, 0.2) is 5.11 Å². The van der Waals surface area contributed by atoms with Crippen molar-refractivity contribution in [1.29, 1.82) is 0 Å². The molecule has 10 heavy (non-hydrogen) atoms. The van der Waals surface area contributed by atoms with Gasteiger partial charge in [-0.3, -0.25) is 0 Å². The first-order chi connectivity index (χ1) is 4.84. The summed E-state index contributed by atoms with van der Waals surface area (Å²) >= 11 is 0. The third kappa shape index (κ3) is 1.60. The average molecular weight is 142 g/mol. The van der Waals surface area contributed by atoms with E-state index in [1.165, 1.54) is 0 Å². The smallest absolute Gasteiger partial charge is 0.0759 e. The van der Waals surface area contributed by atoms with Gasteiger partial charge in [-0.1, -0.05) is 5.11 Å². The molecule has 2 atom stereocenters. The van der Waals surface area contributed by atoms with Gasteiger partial charge in [0.25, 0.3) is 0 Å². The molecule has 0 amide bonds. The maximum atomic E-state index is 8.08. The highest BCUT2D eigenvalue weighted by atomic mass is 16.5. The maximum Gasteiger partial charge on any atom is 0.0759 e. The molecule has 0 aromatic carbocycles. The van der Waals surface area contributed by atoms with Crippen LogP contribution in [0.5, 0.6) is 0 Å². The van der Waals surface area contributed by atoms with Crippen molar-refractivity contribution < 1.29 is 4.74 Å². The van der Waals surface area contributed by atoms with Crippen LogP contribution in [-0.2, 0) is 4.74 Å². The Hall–Kier alpha value is -0.770. The highest BCUT2D eigenvalue weighted by Crippen LogP contribution is 2.08. The average Bonchev–Trinajstić information content (AvgIpc) is 1.94. The minimum Gasteiger partial charge on any atom is -0.381 e. The van der Waals surface area contributed by atoms with Gasteiger partial charge in [-0.25, -0.2) is 0 Å². The Bertz CT molecular complexity index is 154. The normalized spacial score (nSPS) is 32.9. The standard InChI is InChI=1S/C5H10N4O/c6-4-1-2-10-3-5(4)8-9-7/h4-5H,1-3,6H2/t4-,5?/m1/s1. The summed E-state index contributed by atoms with van der Waals surface area (Å²) in [6, 6.07) is -0.191. The Morgan fingerprint density at radius 3 is 3.10 bits per heavy atom. The summed E-state index contributed by atoms with van der Waals surface area (Å²) in [6.07, 6.45) is 0.781. The van der Waals surface area contributed by atoms with Gasteiger partial charge in [0.1, 0.15) is 0 Å². The predicted molar refractivity (Wildman–Crippen MR) is 36.3 cm³/mol. The predicted octanol–water partition coefficient (Wildman–Crippen LogP) is 0.413. The lowest BCUT2D eigenvalue weighted by molar-refractivity contribution is 0.0712. The fourth-order valence-corrected chi connectivity index (χ4v) is 0.925. The Labute approximate surface area is 58.8 Å². The lowest BCUT2D eigenvalue weighted by Gasteiger charge is -2.24. The lowest BCUT2D eigenvalue weighted by atomic mass is 10.1. The highest BCUT2D eigenvalue weighted by Gasteiger charge is 2.20. The molecule has 5 heteroatoms. The van der Waals surface area contributed by atoms with E-state index in [-0.39, 0.29) is 12.1 Å². The first-order valence-electron chi connectivity index (χ1n) is 3.22. The molecule has 1 aliphatic rings. The van der Waals surface area contributed by atoms with E-state index < -0.39 is 0 Å². The first kappa shape index (κ1) is 7.34. The molecule has 0 bridgehead atoms. The molecule has 0 radical (unpaired) electrons. The van der Waals surface area contributed by atoms with E-state index in [4.69, 9.17) is 16.0 Å². The summed E-state index contributed by atoms with van der Waals surface area (Å²) in [5.74, 6) is 0. The molecule has 1 fully saturated rings. The number of hydrogen-bond donors (Lipinski definition) is 1. The van der Waals surface area contributed by atoms with Gasteiger partial charge < -0.3 is 10.5 Å².